The highest BCUT2D eigenvalue weighted by Crippen LogP contribution is 2.35. The minimum absolute atomic E-state index is 0.0461. The van der Waals surface area contributed by atoms with Crippen LogP contribution in [0.15, 0.2) is 71.6 Å². The molecule has 5 rings (SSSR count). The van der Waals surface area contributed by atoms with Crippen molar-refractivity contribution < 1.29 is 17.9 Å². The molecule has 0 N–H and O–H groups in total. The predicted molar refractivity (Wildman–Crippen MR) is 129 cm³/mol. The summed E-state index contributed by atoms with van der Waals surface area (Å²) >= 11 is 6.36. The number of amides is 1. The van der Waals surface area contributed by atoms with Gasteiger partial charge in [-0.25, -0.2) is 8.42 Å². The number of carbonyl (C=O) groups excluding carboxylic acids is 1. The molecule has 1 unspecified atom stereocenters. The molecule has 0 radical (unpaired) electrons. The monoisotopic (exact) mass is 482 g/mol. The Morgan fingerprint density at radius 3 is 2.48 bits per heavy atom. The summed E-state index contributed by atoms with van der Waals surface area (Å²) in [5.74, 6) is 0.0970. The Morgan fingerprint density at radius 1 is 1.03 bits per heavy atom. The SMILES string of the molecule is CC1Cc2ccccc2N1C(=O)COc1ccc(S(=O)(=O)N2CCc3ccccc32)cc1Cl. The first-order valence-corrected chi connectivity index (χ1v) is 12.6. The first-order chi connectivity index (χ1) is 15.9. The number of hydrogen-bond acceptors (Lipinski definition) is 4. The lowest BCUT2D eigenvalue weighted by Crippen LogP contribution is -2.39. The molecule has 3 aromatic carbocycles. The van der Waals surface area contributed by atoms with E-state index in [2.05, 4.69) is 0 Å². The minimum Gasteiger partial charge on any atom is -0.482 e. The van der Waals surface area contributed by atoms with Gasteiger partial charge in [-0.2, -0.15) is 0 Å². The van der Waals surface area contributed by atoms with E-state index in [9.17, 15) is 13.2 Å². The van der Waals surface area contributed by atoms with Gasteiger partial charge in [0.2, 0.25) is 0 Å². The van der Waals surface area contributed by atoms with Gasteiger partial charge < -0.3 is 9.64 Å². The van der Waals surface area contributed by atoms with Crippen LogP contribution < -0.4 is 13.9 Å². The van der Waals surface area contributed by atoms with Crippen molar-refractivity contribution in [2.24, 2.45) is 0 Å². The topological polar surface area (TPSA) is 66.9 Å². The van der Waals surface area contributed by atoms with E-state index in [1.165, 1.54) is 22.5 Å². The summed E-state index contributed by atoms with van der Waals surface area (Å²) in [5, 5.41) is 0.145. The van der Waals surface area contributed by atoms with Crippen LogP contribution in [0, 0.1) is 0 Å². The number of fused-ring (bicyclic) bond motifs is 2. The van der Waals surface area contributed by atoms with E-state index < -0.39 is 10.0 Å². The number of nitrogens with zero attached hydrogens (tertiary/aromatic N) is 2. The lowest BCUT2D eigenvalue weighted by molar-refractivity contribution is -0.120. The van der Waals surface area contributed by atoms with Gasteiger partial charge >= 0.3 is 0 Å². The van der Waals surface area contributed by atoms with Crippen molar-refractivity contribution in [2.45, 2.75) is 30.7 Å². The van der Waals surface area contributed by atoms with Gasteiger partial charge in [0.05, 0.1) is 15.6 Å². The van der Waals surface area contributed by atoms with Gasteiger partial charge in [-0.1, -0.05) is 48.0 Å². The van der Waals surface area contributed by atoms with Crippen LogP contribution in [0.25, 0.3) is 0 Å². The van der Waals surface area contributed by atoms with Gasteiger partial charge in [0.1, 0.15) is 5.75 Å². The first-order valence-electron chi connectivity index (χ1n) is 10.8. The Kier molecular flexibility index (Phi) is 5.54. The summed E-state index contributed by atoms with van der Waals surface area (Å²) in [4.78, 5) is 14.7. The molecular weight excluding hydrogens is 460 g/mol. The summed E-state index contributed by atoms with van der Waals surface area (Å²) in [7, 11) is -3.76. The number of para-hydroxylation sites is 2. The quantitative estimate of drug-likeness (QED) is 0.539. The van der Waals surface area contributed by atoms with E-state index in [4.69, 9.17) is 16.3 Å². The zero-order valence-corrected chi connectivity index (χ0v) is 19.6. The number of hydrogen-bond donors (Lipinski definition) is 0. The van der Waals surface area contributed by atoms with E-state index in [1.54, 1.807) is 4.90 Å². The van der Waals surface area contributed by atoms with Crippen molar-refractivity contribution in [3.8, 4) is 5.75 Å². The highest BCUT2D eigenvalue weighted by molar-refractivity contribution is 7.92. The van der Waals surface area contributed by atoms with Crippen molar-refractivity contribution in [1.82, 2.24) is 0 Å². The fraction of sp³-hybridized carbons (Fsp3) is 0.240. The van der Waals surface area contributed by atoms with Gasteiger partial charge in [0.25, 0.3) is 15.9 Å². The number of sulfonamides is 1. The van der Waals surface area contributed by atoms with Crippen molar-refractivity contribution in [1.29, 1.82) is 0 Å². The highest BCUT2D eigenvalue weighted by atomic mass is 35.5. The maximum Gasteiger partial charge on any atom is 0.265 e. The molecule has 2 heterocycles. The van der Waals surface area contributed by atoms with Crippen LogP contribution in [0.2, 0.25) is 5.02 Å². The molecule has 33 heavy (non-hydrogen) atoms. The molecule has 1 amide bonds. The second-order valence-corrected chi connectivity index (χ2v) is 10.6. The maximum atomic E-state index is 13.2. The van der Waals surface area contributed by atoms with E-state index in [0.29, 0.717) is 18.7 Å². The molecule has 170 valence electrons. The van der Waals surface area contributed by atoms with Crippen molar-refractivity contribution in [3.63, 3.8) is 0 Å². The normalized spacial score (nSPS) is 17.1. The summed E-state index contributed by atoms with van der Waals surface area (Å²) in [5.41, 5.74) is 3.73. The molecule has 0 aromatic heterocycles. The van der Waals surface area contributed by atoms with Crippen LogP contribution in [0.1, 0.15) is 18.1 Å². The number of benzene rings is 3. The van der Waals surface area contributed by atoms with Crippen LogP contribution in [-0.4, -0.2) is 33.5 Å². The number of anilines is 2. The van der Waals surface area contributed by atoms with Crippen LogP contribution in [0.4, 0.5) is 11.4 Å². The van der Waals surface area contributed by atoms with Crippen LogP contribution in [0.3, 0.4) is 0 Å². The Labute approximate surface area is 198 Å². The zero-order valence-electron chi connectivity index (χ0n) is 18.1. The van der Waals surface area contributed by atoms with E-state index in [1.807, 2.05) is 55.5 Å². The lowest BCUT2D eigenvalue weighted by Gasteiger charge is -2.23. The summed E-state index contributed by atoms with van der Waals surface area (Å²) in [6.07, 6.45) is 1.47. The van der Waals surface area contributed by atoms with E-state index >= 15 is 0 Å². The molecule has 0 saturated carbocycles. The summed E-state index contributed by atoms with van der Waals surface area (Å²) in [6, 6.07) is 19.7. The van der Waals surface area contributed by atoms with Gasteiger partial charge in [0.15, 0.2) is 6.61 Å². The summed E-state index contributed by atoms with van der Waals surface area (Å²) < 4.78 is 33.5. The Balaban J connectivity index is 1.31. The molecular formula is C25H23ClN2O4S. The Morgan fingerprint density at radius 2 is 1.73 bits per heavy atom. The molecule has 2 aliphatic heterocycles. The molecule has 6 nitrogen and oxygen atoms in total. The number of ether oxygens (including phenoxy) is 1. The third-order valence-electron chi connectivity index (χ3n) is 6.16. The molecule has 8 heteroatoms. The molecule has 0 bridgehead atoms. The zero-order chi connectivity index (χ0) is 23.2. The minimum atomic E-state index is -3.76. The average Bonchev–Trinajstić information content (AvgIpc) is 3.38. The first kappa shape index (κ1) is 21.8. The van der Waals surface area contributed by atoms with Gasteiger partial charge in [-0.05, 0) is 61.2 Å². The summed E-state index contributed by atoms with van der Waals surface area (Å²) in [6.45, 7) is 2.20. The van der Waals surface area contributed by atoms with Gasteiger partial charge in [-0.3, -0.25) is 9.10 Å². The molecule has 0 saturated heterocycles. The number of carbonyl (C=O) groups is 1. The fourth-order valence-corrected chi connectivity index (χ4v) is 6.43. The van der Waals surface area contributed by atoms with E-state index in [0.717, 1.165) is 23.2 Å². The average molecular weight is 483 g/mol. The molecule has 1 atom stereocenters. The highest BCUT2D eigenvalue weighted by Gasteiger charge is 2.32. The molecule has 2 aliphatic rings. The number of rotatable bonds is 5. The van der Waals surface area contributed by atoms with Gasteiger partial charge in [0, 0.05) is 18.3 Å². The third kappa shape index (κ3) is 3.85. The van der Waals surface area contributed by atoms with E-state index in [-0.39, 0.29) is 34.2 Å². The molecule has 0 fully saturated rings. The molecule has 0 spiro atoms. The number of halogens is 1. The maximum absolute atomic E-state index is 13.2. The second-order valence-electron chi connectivity index (χ2n) is 8.28. The fourth-order valence-electron chi connectivity index (χ4n) is 4.60. The smallest absolute Gasteiger partial charge is 0.265 e. The Bertz CT molecular complexity index is 1340. The van der Waals surface area contributed by atoms with Crippen LogP contribution in [-0.2, 0) is 27.7 Å². The second kappa shape index (κ2) is 8.39. The largest absolute Gasteiger partial charge is 0.482 e. The van der Waals surface area contributed by atoms with Crippen molar-refractivity contribution in [3.05, 3.63) is 82.9 Å². The molecule has 3 aromatic rings. The third-order valence-corrected chi connectivity index (χ3v) is 8.27. The molecule has 0 aliphatic carbocycles. The van der Waals surface area contributed by atoms with Crippen LogP contribution >= 0.6 is 11.6 Å². The van der Waals surface area contributed by atoms with Crippen LogP contribution in [0.5, 0.6) is 5.75 Å². The Hall–Kier alpha value is -3.03. The standard InChI is InChI=1S/C25H23ClN2O4S/c1-17-14-19-7-3-5-9-23(19)28(17)25(29)16-32-24-11-10-20(15-21(24)26)33(30,31)27-13-12-18-6-2-4-8-22(18)27/h2-11,15,17H,12-14,16H2,1H3. The van der Waals surface area contributed by atoms with Crippen molar-refractivity contribution in [2.75, 3.05) is 22.4 Å². The van der Waals surface area contributed by atoms with Gasteiger partial charge in [-0.15, -0.1) is 0 Å². The predicted octanol–water partition coefficient (Wildman–Crippen LogP) is 4.45. The lowest BCUT2D eigenvalue weighted by atomic mass is 10.1. The van der Waals surface area contributed by atoms with Crippen molar-refractivity contribution >= 4 is 38.9 Å².